The van der Waals surface area contributed by atoms with Crippen LogP contribution in [0.4, 0.5) is 4.39 Å². The molecular formula is C22H21FN2O4. The quantitative estimate of drug-likeness (QED) is 0.644. The number of halogens is 1. The van der Waals surface area contributed by atoms with Gasteiger partial charge in [0.05, 0.1) is 7.11 Å². The Morgan fingerprint density at radius 1 is 1.14 bits per heavy atom. The average molecular weight is 396 g/mol. The van der Waals surface area contributed by atoms with Crippen LogP contribution in [0.3, 0.4) is 0 Å². The average Bonchev–Trinajstić information content (AvgIpc) is 2.69. The maximum atomic E-state index is 13.1. The highest BCUT2D eigenvalue weighted by Gasteiger charge is 2.22. The number of carbonyl (C=O) groups excluding carboxylic acids is 2. The van der Waals surface area contributed by atoms with Crippen LogP contribution in [-0.2, 0) is 11.2 Å². The van der Waals surface area contributed by atoms with Crippen LogP contribution < -0.4 is 5.32 Å². The first-order valence-corrected chi connectivity index (χ1v) is 9.08. The summed E-state index contributed by atoms with van der Waals surface area (Å²) in [5.41, 5.74) is 1.85. The number of methoxy groups -OCH3 is 1. The molecule has 0 aliphatic rings. The largest absolute Gasteiger partial charge is 0.505 e. The zero-order valence-corrected chi connectivity index (χ0v) is 16.3. The van der Waals surface area contributed by atoms with Gasteiger partial charge in [-0.05, 0) is 55.7 Å². The van der Waals surface area contributed by atoms with E-state index in [0.29, 0.717) is 11.8 Å². The van der Waals surface area contributed by atoms with Crippen molar-refractivity contribution in [2.24, 2.45) is 0 Å². The van der Waals surface area contributed by atoms with E-state index in [9.17, 15) is 19.1 Å². The minimum Gasteiger partial charge on any atom is -0.505 e. The second-order valence-corrected chi connectivity index (χ2v) is 6.98. The van der Waals surface area contributed by atoms with Gasteiger partial charge in [0.2, 0.25) is 0 Å². The lowest BCUT2D eigenvalue weighted by Gasteiger charge is -2.14. The summed E-state index contributed by atoms with van der Waals surface area (Å²) in [5, 5.41) is 13.7. The van der Waals surface area contributed by atoms with Crippen LogP contribution in [0, 0.1) is 5.82 Å². The third kappa shape index (κ3) is 4.34. The van der Waals surface area contributed by atoms with Gasteiger partial charge in [-0.15, -0.1) is 0 Å². The van der Waals surface area contributed by atoms with Crippen LogP contribution in [0.5, 0.6) is 5.75 Å². The van der Waals surface area contributed by atoms with Crippen molar-refractivity contribution in [1.29, 1.82) is 0 Å². The number of benzene rings is 2. The van der Waals surface area contributed by atoms with Gasteiger partial charge in [0.1, 0.15) is 16.9 Å². The monoisotopic (exact) mass is 396 g/mol. The number of pyridine rings is 1. The number of ether oxygens (including phenoxy) is 1. The minimum absolute atomic E-state index is 0.122. The van der Waals surface area contributed by atoms with E-state index in [-0.39, 0.29) is 34.3 Å². The molecule has 1 amide bonds. The number of rotatable bonds is 5. The Hall–Kier alpha value is -3.48. The second-order valence-electron chi connectivity index (χ2n) is 6.98. The third-order valence-electron chi connectivity index (χ3n) is 4.39. The van der Waals surface area contributed by atoms with E-state index in [1.807, 2.05) is 13.8 Å². The fraction of sp³-hybridized carbons (Fsp3) is 0.227. The Morgan fingerprint density at radius 2 is 1.83 bits per heavy atom. The lowest BCUT2D eigenvalue weighted by molar-refractivity contribution is 0.0597. The van der Waals surface area contributed by atoms with Gasteiger partial charge in [-0.1, -0.05) is 12.1 Å². The maximum absolute atomic E-state index is 13.1. The molecule has 2 N–H and O–H groups in total. The maximum Gasteiger partial charge on any atom is 0.341 e. The number of amides is 1. The highest BCUT2D eigenvalue weighted by atomic mass is 19.1. The number of fused-ring (bicyclic) bond motifs is 1. The number of nitrogens with one attached hydrogen (secondary N) is 1. The molecule has 0 fully saturated rings. The highest BCUT2D eigenvalue weighted by Crippen LogP contribution is 2.32. The van der Waals surface area contributed by atoms with Crippen molar-refractivity contribution in [2.45, 2.75) is 26.3 Å². The third-order valence-corrected chi connectivity index (χ3v) is 4.39. The van der Waals surface area contributed by atoms with Gasteiger partial charge in [-0.2, -0.15) is 0 Å². The van der Waals surface area contributed by atoms with Crippen molar-refractivity contribution < 1.29 is 23.8 Å². The van der Waals surface area contributed by atoms with Gasteiger partial charge in [0.25, 0.3) is 5.91 Å². The molecule has 0 aliphatic heterocycles. The Morgan fingerprint density at radius 3 is 2.45 bits per heavy atom. The van der Waals surface area contributed by atoms with Gasteiger partial charge in [-0.25, -0.2) is 9.18 Å². The molecule has 0 unspecified atom stereocenters. The zero-order valence-electron chi connectivity index (χ0n) is 16.3. The van der Waals surface area contributed by atoms with Crippen molar-refractivity contribution in [3.8, 4) is 5.75 Å². The number of nitrogens with zero attached hydrogens (tertiary/aromatic N) is 1. The van der Waals surface area contributed by atoms with Crippen LogP contribution >= 0.6 is 0 Å². The molecule has 6 nitrogen and oxygen atoms in total. The van der Waals surface area contributed by atoms with Crippen LogP contribution in [0.15, 0.2) is 42.6 Å². The lowest BCUT2D eigenvalue weighted by atomic mass is 9.98. The van der Waals surface area contributed by atoms with Crippen LogP contribution in [-0.4, -0.2) is 35.1 Å². The SMILES string of the molecule is COC(=O)c1cc(C(=O)NC(C)C)c2cc(Cc3ccc(F)cc3)cnc2c1O. The van der Waals surface area contributed by atoms with Gasteiger partial charge >= 0.3 is 5.97 Å². The molecule has 3 rings (SSSR count). The van der Waals surface area contributed by atoms with E-state index >= 15 is 0 Å². The molecule has 3 aromatic rings. The Labute approximate surface area is 167 Å². The topological polar surface area (TPSA) is 88.5 Å². The number of aromatic nitrogens is 1. The number of hydrogen-bond donors (Lipinski definition) is 2. The fourth-order valence-electron chi connectivity index (χ4n) is 3.05. The van der Waals surface area contributed by atoms with Gasteiger partial charge in [-0.3, -0.25) is 9.78 Å². The highest BCUT2D eigenvalue weighted by molar-refractivity contribution is 6.11. The summed E-state index contributed by atoms with van der Waals surface area (Å²) >= 11 is 0. The Balaban J connectivity index is 2.14. The van der Waals surface area contributed by atoms with E-state index in [1.165, 1.54) is 25.3 Å². The molecule has 0 saturated carbocycles. The minimum atomic E-state index is -0.764. The number of phenols is 1. The molecule has 1 aromatic heterocycles. The summed E-state index contributed by atoms with van der Waals surface area (Å²) in [5.74, 6) is -1.82. The van der Waals surface area contributed by atoms with Crippen LogP contribution in [0.25, 0.3) is 10.9 Å². The molecule has 1 heterocycles. The first kappa shape index (κ1) is 20.3. The molecule has 0 radical (unpaired) electrons. The summed E-state index contributed by atoms with van der Waals surface area (Å²) in [6.45, 7) is 3.64. The summed E-state index contributed by atoms with van der Waals surface area (Å²) in [4.78, 5) is 29.1. The van der Waals surface area contributed by atoms with Crippen LogP contribution in [0.1, 0.15) is 45.7 Å². The van der Waals surface area contributed by atoms with E-state index in [4.69, 9.17) is 4.74 Å². The smallest absolute Gasteiger partial charge is 0.341 e. The van der Waals surface area contributed by atoms with E-state index in [0.717, 1.165) is 11.1 Å². The first-order chi connectivity index (χ1) is 13.8. The molecule has 150 valence electrons. The molecule has 0 atom stereocenters. The number of hydrogen-bond acceptors (Lipinski definition) is 5. The molecule has 7 heteroatoms. The summed E-state index contributed by atoms with van der Waals surface area (Å²) in [6, 6.07) is 9.02. The predicted octanol–water partition coefficient (Wildman–Crippen LogP) is 3.60. The number of esters is 1. The lowest BCUT2D eigenvalue weighted by Crippen LogP contribution is -2.30. The van der Waals surface area contributed by atoms with E-state index < -0.39 is 11.9 Å². The molecule has 0 spiro atoms. The predicted molar refractivity (Wildman–Crippen MR) is 107 cm³/mol. The molecule has 29 heavy (non-hydrogen) atoms. The normalized spacial score (nSPS) is 10.9. The van der Waals surface area contributed by atoms with Crippen molar-refractivity contribution in [3.63, 3.8) is 0 Å². The first-order valence-electron chi connectivity index (χ1n) is 9.08. The van der Waals surface area contributed by atoms with Crippen molar-refractivity contribution in [2.75, 3.05) is 7.11 Å². The van der Waals surface area contributed by atoms with E-state index in [1.54, 1.807) is 24.4 Å². The number of carbonyl (C=O) groups is 2. The van der Waals surface area contributed by atoms with Gasteiger partial charge < -0.3 is 15.2 Å². The molecular weight excluding hydrogens is 375 g/mol. The number of aromatic hydroxyl groups is 1. The molecule has 0 bridgehead atoms. The number of phenolic OH excluding ortho intramolecular Hbond substituents is 1. The molecule has 2 aromatic carbocycles. The van der Waals surface area contributed by atoms with Gasteiger partial charge in [0, 0.05) is 23.2 Å². The van der Waals surface area contributed by atoms with Gasteiger partial charge in [0.15, 0.2) is 5.75 Å². The van der Waals surface area contributed by atoms with Crippen molar-refractivity contribution in [3.05, 3.63) is 70.7 Å². The zero-order chi connectivity index (χ0) is 21.1. The molecule has 0 saturated heterocycles. The van der Waals surface area contributed by atoms with E-state index in [2.05, 4.69) is 10.3 Å². The van der Waals surface area contributed by atoms with Crippen molar-refractivity contribution >= 4 is 22.8 Å². The standard InChI is InChI=1S/C22H21FN2O4/c1-12(2)25-21(27)17-10-18(22(28)29-3)20(26)19-16(17)9-14(11-24-19)8-13-4-6-15(23)7-5-13/h4-7,9-12,26H,8H2,1-3H3,(H,25,27). The summed E-state index contributed by atoms with van der Waals surface area (Å²) < 4.78 is 17.8. The Bertz CT molecular complexity index is 1080. The second kappa shape index (κ2) is 8.26. The molecule has 0 aliphatic carbocycles. The summed E-state index contributed by atoms with van der Waals surface area (Å²) in [6.07, 6.45) is 2.02. The van der Waals surface area contributed by atoms with Crippen molar-refractivity contribution in [1.82, 2.24) is 10.3 Å². The summed E-state index contributed by atoms with van der Waals surface area (Å²) in [7, 11) is 1.19. The van der Waals surface area contributed by atoms with Crippen LogP contribution in [0.2, 0.25) is 0 Å². The fourth-order valence-corrected chi connectivity index (χ4v) is 3.05. The Kier molecular flexibility index (Phi) is 5.77.